The third-order valence-electron chi connectivity index (χ3n) is 2.94. The normalized spacial score (nSPS) is 14.9. The SMILES string of the molecule is COc1cc(C(=O)CCN)ccc1C1CC1. The molecule has 0 heterocycles. The summed E-state index contributed by atoms with van der Waals surface area (Å²) in [5, 5.41) is 0. The van der Waals surface area contributed by atoms with Gasteiger partial charge < -0.3 is 10.5 Å². The highest BCUT2D eigenvalue weighted by Crippen LogP contribution is 2.44. The number of hydrogen-bond donors (Lipinski definition) is 1. The summed E-state index contributed by atoms with van der Waals surface area (Å²) in [5.41, 5.74) is 7.30. The predicted molar refractivity (Wildman–Crippen MR) is 63.0 cm³/mol. The van der Waals surface area contributed by atoms with Crippen LogP contribution in [-0.4, -0.2) is 19.4 Å². The van der Waals surface area contributed by atoms with Crippen LogP contribution in [0.3, 0.4) is 0 Å². The highest BCUT2D eigenvalue weighted by molar-refractivity contribution is 5.96. The fourth-order valence-corrected chi connectivity index (χ4v) is 1.89. The molecule has 0 aromatic heterocycles. The van der Waals surface area contributed by atoms with Crippen LogP contribution in [-0.2, 0) is 0 Å². The Morgan fingerprint density at radius 3 is 2.81 bits per heavy atom. The highest BCUT2D eigenvalue weighted by Gasteiger charge is 2.27. The lowest BCUT2D eigenvalue weighted by molar-refractivity contribution is 0.0985. The summed E-state index contributed by atoms with van der Waals surface area (Å²) in [7, 11) is 1.65. The van der Waals surface area contributed by atoms with Crippen molar-refractivity contribution in [3.8, 4) is 5.75 Å². The molecule has 0 amide bonds. The molecule has 0 radical (unpaired) electrons. The number of benzene rings is 1. The number of rotatable bonds is 5. The zero-order valence-corrected chi connectivity index (χ0v) is 9.53. The van der Waals surface area contributed by atoms with E-state index in [1.807, 2.05) is 18.2 Å². The van der Waals surface area contributed by atoms with E-state index in [-0.39, 0.29) is 5.78 Å². The number of carbonyl (C=O) groups excluding carboxylic acids is 1. The Balaban J connectivity index is 2.25. The molecule has 1 aliphatic rings. The molecule has 0 unspecified atom stereocenters. The van der Waals surface area contributed by atoms with Crippen molar-refractivity contribution in [2.24, 2.45) is 5.73 Å². The largest absolute Gasteiger partial charge is 0.496 e. The number of Topliss-reactive ketones (excluding diaryl/α,β-unsaturated/α-hetero) is 1. The van der Waals surface area contributed by atoms with Gasteiger partial charge in [0.25, 0.3) is 0 Å². The zero-order chi connectivity index (χ0) is 11.5. The summed E-state index contributed by atoms with van der Waals surface area (Å²) >= 11 is 0. The highest BCUT2D eigenvalue weighted by atomic mass is 16.5. The number of ketones is 1. The van der Waals surface area contributed by atoms with Gasteiger partial charge in [-0.15, -0.1) is 0 Å². The van der Waals surface area contributed by atoms with Crippen LogP contribution < -0.4 is 10.5 Å². The van der Waals surface area contributed by atoms with E-state index in [1.165, 1.54) is 18.4 Å². The molecule has 0 atom stereocenters. The van der Waals surface area contributed by atoms with Crippen molar-refractivity contribution in [1.82, 2.24) is 0 Å². The first-order valence-corrected chi connectivity index (χ1v) is 5.67. The van der Waals surface area contributed by atoms with E-state index in [4.69, 9.17) is 10.5 Å². The molecule has 86 valence electrons. The molecule has 3 heteroatoms. The van der Waals surface area contributed by atoms with Crippen LogP contribution in [0.2, 0.25) is 0 Å². The molecular weight excluding hydrogens is 202 g/mol. The van der Waals surface area contributed by atoms with Gasteiger partial charge in [0.05, 0.1) is 7.11 Å². The standard InChI is InChI=1S/C13H17NO2/c1-16-13-8-10(12(15)6-7-14)4-5-11(13)9-2-3-9/h4-5,8-9H,2-3,6-7,14H2,1H3. The topological polar surface area (TPSA) is 52.3 Å². The number of nitrogens with two attached hydrogens (primary N) is 1. The van der Waals surface area contributed by atoms with Crippen LogP contribution in [0.15, 0.2) is 18.2 Å². The quantitative estimate of drug-likeness (QED) is 0.771. The van der Waals surface area contributed by atoms with Crippen LogP contribution in [0.1, 0.15) is 41.1 Å². The molecule has 0 spiro atoms. The summed E-state index contributed by atoms with van der Waals surface area (Å²) < 4.78 is 5.33. The molecule has 1 aliphatic carbocycles. The van der Waals surface area contributed by atoms with Crippen LogP contribution in [0.5, 0.6) is 5.75 Å². The van der Waals surface area contributed by atoms with Gasteiger partial charge in [0.15, 0.2) is 5.78 Å². The van der Waals surface area contributed by atoms with E-state index in [0.29, 0.717) is 24.4 Å². The number of hydrogen-bond acceptors (Lipinski definition) is 3. The molecule has 2 rings (SSSR count). The van der Waals surface area contributed by atoms with E-state index < -0.39 is 0 Å². The third kappa shape index (κ3) is 2.25. The van der Waals surface area contributed by atoms with E-state index >= 15 is 0 Å². The van der Waals surface area contributed by atoms with E-state index in [1.54, 1.807) is 7.11 Å². The first-order chi connectivity index (χ1) is 7.76. The summed E-state index contributed by atoms with van der Waals surface area (Å²) in [4.78, 5) is 11.7. The summed E-state index contributed by atoms with van der Waals surface area (Å²) in [5.74, 6) is 1.56. The molecule has 0 aliphatic heterocycles. The zero-order valence-electron chi connectivity index (χ0n) is 9.53. The second-order valence-corrected chi connectivity index (χ2v) is 4.19. The van der Waals surface area contributed by atoms with Gasteiger partial charge in [0.2, 0.25) is 0 Å². The van der Waals surface area contributed by atoms with Crippen molar-refractivity contribution in [2.75, 3.05) is 13.7 Å². The lowest BCUT2D eigenvalue weighted by Gasteiger charge is -2.09. The average Bonchev–Trinajstić information content (AvgIpc) is 3.12. The van der Waals surface area contributed by atoms with Gasteiger partial charge in [-0.25, -0.2) is 0 Å². The molecule has 16 heavy (non-hydrogen) atoms. The van der Waals surface area contributed by atoms with Crippen molar-refractivity contribution in [3.05, 3.63) is 29.3 Å². The molecule has 2 N–H and O–H groups in total. The van der Waals surface area contributed by atoms with Gasteiger partial charge >= 0.3 is 0 Å². The molecule has 3 nitrogen and oxygen atoms in total. The van der Waals surface area contributed by atoms with Crippen molar-refractivity contribution in [3.63, 3.8) is 0 Å². The summed E-state index contributed by atoms with van der Waals surface area (Å²) in [6, 6.07) is 5.74. The predicted octanol–water partition coefficient (Wildman–Crippen LogP) is 2.10. The first kappa shape index (κ1) is 11.1. The fourth-order valence-electron chi connectivity index (χ4n) is 1.89. The molecule has 0 bridgehead atoms. The first-order valence-electron chi connectivity index (χ1n) is 5.67. The second kappa shape index (κ2) is 4.66. The monoisotopic (exact) mass is 219 g/mol. The Hall–Kier alpha value is -1.35. The van der Waals surface area contributed by atoms with Gasteiger partial charge in [-0.05, 0) is 36.9 Å². The Labute approximate surface area is 95.6 Å². The van der Waals surface area contributed by atoms with Crippen molar-refractivity contribution in [1.29, 1.82) is 0 Å². The van der Waals surface area contributed by atoms with Crippen LogP contribution in [0.4, 0.5) is 0 Å². The van der Waals surface area contributed by atoms with Crippen LogP contribution >= 0.6 is 0 Å². The average molecular weight is 219 g/mol. The lowest BCUT2D eigenvalue weighted by Crippen LogP contribution is -2.08. The molecule has 1 saturated carbocycles. The minimum atomic E-state index is 0.0862. The minimum Gasteiger partial charge on any atom is -0.496 e. The number of carbonyl (C=O) groups is 1. The summed E-state index contributed by atoms with van der Waals surface area (Å²) in [6.45, 7) is 0.394. The maximum absolute atomic E-state index is 11.7. The minimum absolute atomic E-state index is 0.0862. The Bertz CT molecular complexity index is 397. The third-order valence-corrected chi connectivity index (χ3v) is 2.94. The Morgan fingerprint density at radius 2 is 2.25 bits per heavy atom. The smallest absolute Gasteiger partial charge is 0.164 e. The Morgan fingerprint density at radius 1 is 1.50 bits per heavy atom. The van der Waals surface area contributed by atoms with E-state index in [0.717, 1.165) is 5.75 Å². The maximum Gasteiger partial charge on any atom is 0.164 e. The molecule has 1 aromatic rings. The van der Waals surface area contributed by atoms with Crippen LogP contribution in [0.25, 0.3) is 0 Å². The van der Waals surface area contributed by atoms with Crippen LogP contribution in [0, 0.1) is 0 Å². The van der Waals surface area contributed by atoms with E-state index in [2.05, 4.69) is 0 Å². The fraction of sp³-hybridized carbons (Fsp3) is 0.462. The molecule has 1 fully saturated rings. The van der Waals surface area contributed by atoms with Gasteiger partial charge in [-0.3, -0.25) is 4.79 Å². The molecule has 1 aromatic carbocycles. The molecular formula is C13H17NO2. The van der Waals surface area contributed by atoms with Crippen molar-refractivity contribution < 1.29 is 9.53 Å². The second-order valence-electron chi connectivity index (χ2n) is 4.19. The van der Waals surface area contributed by atoms with Gasteiger partial charge in [0.1, 0.15) is 5.75 Å². The van der Waals surface area contributed by atoms with Gasteiger partial charge in [-0.1, -0.05) is 12.1 Å². The maximum atomic E-state index is 11.7. The molecule has 0 saturated heterocycles. The Kier molecular flexibility index (Phi) is 3.25. The summed E-state index contributed by atoms with van der Waals surface area (Å²) in [6.07, 6.45) is 2.85. The lowest BCUT2D eigenvalue weighted by atomic mass is 10.0. The van der Waals surface area contributed by atoms with Gasteiger partial charge in [0, 0.05) is 12.0 Å². The van der Waals surface area contributed by atoms with Crippen molar-refractivity contribution >= 4 is 5.78 Å². The van der Waals surface area contributed by atoms with Gasteiger partial charge in [-0.2, -0.15) is 0 Å². The van der Waals surface area contributed by atoms with E-state index in [9.17, 15) is 4.79 Å². The number of methoxy groups -OCH3 is 1. The van der Waals surface area contributed by atoms with Crippen molar-refractivity contribution in [2.45, 2.75) is 25.2 Å². The number of ether oxygens (including phenoxy) is 1.